The second-order valence-corrected chi connectivity index (χ2v) is 7.72. The maximum absolute atomic E-state index is 12.0. The fourth-order valence-electron chi connectivity index (χ4n) is 2.03. The van der Waals surface area contributed by atoms with Gasteiger partial charge >= 0.3 is 0 Å². The summed E-state index contributed by atoms with van der Waals surface area (Å²) in [5.41, 5.74) is 5.21. The molecule has 2 N–H and O–H groups in total. The monoisotopic (exact) mass is 249 g/mol. The highest BCUT2D eigenvalue weighted by Crippen LogP contribution is 2.30. The largest absolute Gasteiger partial charge is 0.371 e. The van der Waals surface area contributed by atoms with E-state index in [-0.39, 0.29) is 22.7 Å². The van der Waals surface area contributed by atoms with Crippen molar-refractivity contribution < 1.29 is 13.2 Å². The number of hydrogen-bond donors (Lipinski definition) is 1. The van der Waals surface area contributed by atoms with Crippen molar-refractivity contribution in [1.82, 2.24) is 0 Å². The maximum Gasteiger partial charge on any atom is 0.155 e. The third-order valence-corrected chi connectivity index (χ3v) is 5.46. The Balaban J connectivity index is 2.54. The van der Waals surface area contributed by atoms with Gasteiger partial charge in [-0.3, -0.25) is 0 Å². The van der Waals surface area contributed by atoms with E-state index in [9.17, 15) is 8.42 Å². The Kier molecular flexibility index (Phi) is 4.37. The minimum absolute atomic E-state index is 0.137. The molecule has 2 atom stereocenters. The van der Waals surface area contributed by atoms with Crippen LogP contribution >= 0.6 is 0 Å². The molecule has 0 aromatic carbocycles. The summed E-state index contributed by atoms with van der Waals surface area (Å²) < 4.78 is 29.6. The molecule has 16 heavy (non-hydrogen) atoms. The lowest BCUT2D eigenvalue weighted by Gasteiger charge is -2.20. The van der Waals surface area contributed by atoms with E-state index in [4.69, 9.17) is 10.5 Å². The SMILES string of the molecule is CC(CCN)S(=O)(=O)CC1CCC(C)(C)O1. The molecule has 0 radical (unpaired) electrons. The summed E-state index contributed by atoms with van der Waals surface area (Å²) in [6.45, 7) is 6.14. The van der Waals surface area contributed by atoms with Crippen LogP contribution in [0.5, 0.6) is 0 Å². The lowest BCUT2D eigenvalue weighted by molar-refractivity contribution is -0.00533. The van der Waals surface area contributed by atoms with Gasteiger partial charge in [0, 0.05) is 0 Å². The van der Waals surface area contributed by atoms with E-state index < -0.39 is 9.84 Å². The van der Waals surface area contributed by atoms with Crippen LogP contribution in [0.1, 0.15) is 40.0 Å². The van der Waals surface area contributed by atoms with E-state index in [0.29, 0.717) is 13.0 Å². The van der Waals surface area contributed by atoms with Crippen molar-refractivity contribution in [2.45, 2.75) is 57.0 Å². The molecule has 1 rings (SSSR count). The molecule has 1 saturated heterocycles. The molecule has 0 aromatic heterocycles. The van der Waals surface area contributed by atoms with Crippen LogP contribution in [0.4, 0.5) is 0 Å². The summed E-state index contributed by atoms with van der Waals surface area (Å²) in [5.74, 6) is 0.137. The molecule has 0 bridgehead atoms. The molecule has 2 unspecified atom stereocenters. The predicted molar refractivity (Wildman–Crippen MR) is 65.1 cm³/mol. The van der Waals surface area contributed by atoms with Crippen molar-refractivity contribution in [3.63, 3.8) is 0 Å². The zero-order valence-corrected chi connectivity index (χ0v) is 11.2. The highest BCUT2D eigenvalue weighted by Gasteiger charge is 2.35. The smallest absolute Gasteiger partial charge is 0.155 e. The summed E-state index contributed by atoms with van der Waals surface area (Å²) in [7, 11) is -3.06. The molecule has 4 nitrogen and oxygen atoms in total. The van der Waals surface area contributed by atoms with Crippen LogP contribution in [0.15, 0.2) is 0 Å². The van der Waals surface area contributed by atoms with Gasteiger partial charge in [0.1, 0.15) is 0 Å². The van der Waals surface area contributed by atoms with Crippen molar-refractivity contribution in [3.8, 4) is 0 Å². The number of sulfone groups is 1. The van der Waals surface area contributed by atoms with Gasteiger partial charge in [0.25, 0.3) is 0 Å². The second-order valence-electron chi connectivity index (χ2n) is 5.26. The second kappa shape index (κ2) is 5.02. The van der Waals surface area contributed by atoms with Crippen molar-refractivity contribution in [2.24, 2.45) is 5.73 Å². The Labute approximate surface area is 98.5 Å². The van der Waals surface area contributed by atoms with Gasteiger partial charge in [0.15, 0.2) is 9.84 Å². The highest BCUT2D eigenvalue weighted by molar-refractivity contribution is 7.92. The average Bonchev–Trinajstić information content (AvgIpc) is 2.45. The summed E-state index contributed by atoms with van der Waals surface area (Å²) in [6.07, 6.45) is 2.15. The summed E-state index contributed by atoms with van der Waals surface area (Å²) in [5, 5.41) is -0.357. The van der Waals surface area contributed by atoms with Crippen molar-refractivity contribution >= 4 is 9.84 Å². The van der Waals surface area contributed by atoms with Crippen LogP contribution in [0.3, 0.4) is 0 Å². The molecule has 1 aliphatic rings. The molecular formula is C11H23NO3S. The Morgan fingerprint density at radius 2 is 2.12 bits per heavy atom. The van der Waals surface area contributed by atoms with Gasteiger partial charge in [-0.1, -0.05) is 0 Å². The predicted octanol–water partition coefficient (Wildman–Crippen LogP) is 1.10. The molecule has 0 amide bonds. The lowest BCUT2D eigenvalue weighted by atomic mass is 10.1. The van der Waals surface area contributed by atoms with Gasteiger partial charge in [0.05, 0.1) is 22.7 Å². The molecule has 96 valence electrons. The van der Waals surface area contributed by atoms with E-state index in [1.807, 2.05) is 13.8 Å². The standard InChI is InChI=1S/C11H23NO3S/c1-9(5-7-12)16(13,14)8-10-4-6-11(2,3)15-10/h9-10H,4-8,12H2,1-3H3. The van der Waals surface area contributed by atoms with Gasteiger partial charge < -0.3 is 10.5 Å². The van der Waals surface area contributed by atoms with Crippen LogP contribution in [0, 0.1) is 0 Å². The fraction of sp³-hybridized carbons (Fsp3) is 1.00. The summed E-state index contributed by atoms with van der Waals surface area (Å²) in [6, 6.07) is 0. The molecule has 0 spiro atoms. The van der Waals surface area contributed by atoms with E-state index >= 15 is 0 Å². The molecular weight excluding hydrogens is 226 g/mol. The molecule has 1 fully saturated rings. The van der Waals surface area contributed by atoms with Crippen LogP contribution in [0.25, 0.3) is 0 Å². The number of hydrogen-bond acceptors (Lipinski definition) is 4. The van der Waals surface area contributed by atoms with E-state index in [0.717, 1.165) is 12.8 Å². The summed E-state index contributed by atoms with van der Waals surface area (Å²) in [4.78, 5) is 0. The van der Waals surface area contributed by atoms with Gasteiger partial charge in [-0.15, -0.1) is 0 Å². The first-order valence-corrected chi connectivity index (χ1v) is 7.58. The van der Waals surface area contributed by atoms with E-state index in [1.165, 1.54) is 0 Å². The number of nitrogens with two attached hydrogens (primary N) is 1. The van der Waals surface area contributed by atoms with Crippen molar-refractivity contribution in [1.29, 1.82) is 0 Å². The highest BCUT2D eigenvalue weighted by atomic mass is 32.2. The van der Waals surface area contributed by atoms with Gasteiger partial charge in [-0.05, 0) is 46.6 Å². The van der Waals surface area contributed by atoms with E-state index in [2.05, 4.69) is 0 Å². The van der Waals surface area contributed by atoms with Gasteiger partial charge in [-0.2, -0.15) is 0 Å². The first-order chi connectivity index (χ1) is 7.27. The molecule has 0 aliphatic carbocycles. The van der Waals surface area contributed by atoms with Crippen LogP contribution in [-0.2, 0) is 14.6 Å². The third kappa shape index (κ3) is 3.71. The summed E-state index contributed by atoms with van der Waals surface area (Å²) >= 11 is 0. The molecule has 1 heterocycles. The zero-order chi connectivity index (χ0) is 12.4. The molecule has 5 heteroatoms. The quantitative estimate of drug-likeness (QED) is 0.792. The van der Waals surface area contributed by atoms with Crippen LogP contribution < -0.4 is 5.73 Å². The van der Waals surface area contributed by atoms with Gasteiger partial charge in [-0.25, -0.2) is 8.42 Å². The Morgan fingerprint density at radius 3 is 2.56 bits per heavy atom. The van der Waals surface area contributed by atoms with Crippen LogP contribution in [0.2, 0.25) is 0 Å². The number of rotatable bonds is 5. The zero-order valence-electron chi connectivity index (χ0n) is 10.4. The Morgan fingerprint density at radius 1 is 1.50 bits per heavy atom. The third-order valence-electron chi connectivity index (χ3n) is 3.16. The first-order valence-electron chi connectivity index (χ1n) is 5.86. The number of ether oxygens (including phenoxy) is 1. The van der Waals surface area contributed by atoms with Crippen LogP contribution in [-0.4, -0.2) is 37.7 Å². The molecule has 1 aliphatic heterocycles. The fourth-order valence-corrected chi connectivity index (χ4v) is 3.61. The maximum atomic E-state index is 12.0. The minimum Gasteiger partial charge on any atom is -0.371 e. The first kappa shape index (κ1) is 13.9. The topological polar surface area (TPSA) is 69.4 Å². The lowest BCUT2D eigenvalue weighted by Crippen LogP contribution is -2.31. The average molecular weight is 249 g/mol. The van der Waals surface area contributed by atoms with Gasteiger partial charge in [0.2, 0.25) is 0 Å². The normalized spacial score (nSPS) is 26.9. The minimum atomic E-state index is -3.06. The Bertz CT molecular complexity index is 324. The van der Waals surface area contributed by atoms with E-state index in [1.54, 1.807) is 6.92 Å². The molecule has 0 aromatic rings. The van der Waals surface area contributed by atoms with Crippen molar-refractivity contribution in [3.05, 3.63) is 0 Å². The molecule has 0 saturated carbocycles. The Hall–Kier alpha value is -0.130. The van der Waals surface area contributed by atoms with Crippen molar-refractivity contribution in [2.75, 3.05) is 12.3 Å².